The Labute approximate surface area is 180 Å². The van der Waals surface area contributed by atoms with E-state index in [2.05, 4.69) is 4.98 Å². The van der Waals surface area contributed by atoms with E-state index in [1.165, 1.54) is 11.8 Å². The predicted octanol–water partition coefficient (Wildman–Crippen LogP) is 2.88. The lowest BCUT2D eigenvalue weighted by atomic mass is 10.0. The molecule has 2 aromatic rings. The van der Waals surface area contributed by atoms with Crippen molar-refractivity contribution in [1.82, 2.24) is 14.5 Å². The molecule has 0 saturated heterocycles. The van der Waals surface area contributed by atoms with Crippen molar-refractivity contribution < 1.29 is 36.6 Å². The van der Waals surface area contributed by atoms with Crippen LogP contribution in [0.2, 0.25) is 0 Å². The number of imidazole rings is 1. The number of aliphatic carboxylic acids is 1. The smallest absolute Gasteiger partial charge is 0.449 e. The summed E-state index contributed by atoms with van der Waals surface area (Å²) in [5, 5.41) is 7.42. The second-order valence-electron chi connectivity index (χ2n) is 7.42. The minimum Gasteiger partial charge on any atom is -0.481 e. The van der Waals surface area contributed by atoms with Crippen molar-refractivity contribution in [2.75, 3.05) is 6.54 Å². The molecule has 0 saturated carbocycles. The van der Waals surface area contributed by atoms with E-state index < -0.39 is 35.6 Å². The molecule has 0 aliphatic carbocycles. The fourth-order valence-corrected chi connectivity index (χ4v) is 3.27. The Kier molecular flexibility index (Phi) is 7.94. The van der Waals surface area contributed by atoms with Gasteiger partial charge < -0.3 is 20.3 Å². The highest BCUT2D eigenvalue weighted by atomic mass is 19.4. The van der Waals surface area contributed by atoms with Gasteiger partial charge in [0, 0.05) is 32.5 Å². The number of carbonyl (C=O) groups is 2. The first kappa shape index (κ1) is 25.2. The van der Waals surface area contributed by atoms with Crippen LogP contribution in [0.4, 0.5) is 22.0 Å². The van der Waals surface area contributed by atoms with Crippen molar-refractivity contribution in [2.45, 2.75) is 52.0 Å². The Morgan fingerprint density at radius 2 is 1.84 bits per heavy atom. The molecule has 3 N–H and O–H groups in total. The average Bonchev–Trinajstić information content (AvgIpc) is 3.09. The number of carboxylic acids is 1. The Balaban J connectivity index is 0.000000837. The molecule has 176 valence electrons. The number of nitrogens with zero attached hydrogens (tertiary/aromatic N) is 3. The van der Waals surface area contributed by atoms with Crippen LogP contribution in [0.1, 0.15) is 36.0 Å². The van der Waals surface area contributed by atoms with E-state index in [1.54, 1.807) is 0 Å². The van der Waals surface area contributed by atoms with E-state index >= 15 is 0 Å². The lowest BCUT2D eigenvalue weighted by Gasteiger charge is -2.30. The Hall–Kier alpha value is -3.02. The van der Waals surface area contributed by atoms with Crippen LogP contribution in [0, 0.1) is 18.6 Å². The van der Waals surface area contributed by atoms with E-state index in [1.807, 2.05) is 0 Å². The minimum atomic E-state index is -4.56. The van der Waals surface area contributed by atoms with Crippen LogP contribution in [-0.4, -0.2) is 44.0 Å². The molecule has 1 aromatic carbocycles. The summed E-state index contributed by atoms with van der Waals surface area (Å²) in [6.07, 6.45) is -3.61. The van der Waals surface area contributed by atoms with E-state index in [4.69, 9.17) is 15.6 Å². The van der Waals surface area contributed by atoms with Gasteiger partial charge in [-0.3, -0.25) is 9.59 Å². The zero-order valence-electron chi connectivity index (χ0n) is 17.4. The third-order valence-corrected chi connectivity index (χ3v) is 4.74. The number of fused-ring (bicyclic) bond motifs is 1. The number of benzene rings is 1. The maximum absolute atomic E-state index is 13.9. The number of aromatic nitrogens is 2. The standard InChI is InChI=1S/C18H19F5N4O.C2H4O2/c1-10-4-15(20)11(6-14(10)19)5-12(24)7-16(28)26-2-3-27-13(9-26)8-25-17(27)18(21,22)23;1-2(3)4/h4,6,8,12H,2-3,5,7,9,24H2,1H3;1H3,(H,3,4). The van der Waals surface area contributed by atoms with Crippen LogP contribution in [0.15, 0.2) is 18.3 Å². The normalized spacial score (nSPS) is 14.3. The molecule has 1 atom stereocenters. The summed E-state index contributed by atoms with van der Waals surface area (Å²) >= 11 is 0. The van der Waals surface area contributed by atoms with E-state index in [-0.39, 0.29) is 55.2 Å². The molecular formula is C20H23F5N4O3. The summed E-state index contributed by atoms with van der Waals surface area (Å²) in [6, 6.07) is 1.39. The number of halogens is 5. The second kappa shape index (κ2) is 10.1. The molecule has 32 heavy (non-hydrogen) atoms. The van der Waals surface area contributed by atoms with Gasteiger partial charge in [0.05, 0.1) is 18.4 Å². The number of alkyl halides is 3. The van der Waals surface area contributed by atoms with Crippen LogP contribution in [0.25, 0.3) is 0 Å². The van der Waals surface area contributed by atoms with Gasteiger partial charge in [-0.2, -0.15) is 13.2 Å². The Morgan fingerprint density at radius 1 is 1.22 bits per heavy atom. The molecule has 7 nitrogen and oxygen atoms in total. The number of amides is 1. The van der Waals surface area contributed by atoms with Crippen LogP contribution in [-0.2, 0) is 35.3 Å². The number of carboxylic acid groups (broad SMARTS) is 1. The van der Waals surface area contributed by atoms with Gasteiger partial charge in [-0.15, -0.1) is 0 Å². The lowest BCUT2D eigenvalue weighted by molar-refractivity contribution is -0.148. The molecule has 1 unspecified atom stereocenters. The molecule has 12 heteroatoms. The highest BCUT2D eigenvalue weighted by Crippen LogP contribution is 2.30. The summed E-state index contributed by atoms with van der Waals surface area (Å²) in [4.78, 5) is 26.2. The maximum atomic E-state index is 13.9. The van der Waals surface area contributed by atoms with Gasteiger partial charge >= 0.3 is 6.18 Å². The van der Waals surface area contributed by atoms with Crippen LogP contribution in [0.5, 0.6) is 0 Å². The highest BCUT2D eigenvalue weighted by Gasteiger charge is 2.38. The largest absolute Gasteiger partial charge is 0.481 e. The third-order valence-electron chi connectivity index (χ3n) is 4.74. The molecular weight excluding hydrogens is 439 g/mol. The van der Waals surface area contributed by atoms with Crippen molar-refractivity contribution in [3.8, 4) is 0 Å². The molecule has 2 heterocycles. The molecule has 0 bridgehead atoms. The fourth-order valence-electron chi connectivity index (χ4n) is 3.27. The summed E-state index contributed by atoms with van der Waals surface area (Å²) < 4.78 is 67.3. The van der Waals surface area contributed by atoms with Gasteiger partial charge in [-0.25, -0.2) is 13.8 Å². The monoisotopic (exact) mass is 462 g/mol. The van der Waals surface area contributed by atoms with Crippen LogP contribution < -0.4 is 5.73 Å². The first-order chi connectivity index (χ1) is 14.8. The number of hydrogen-bond donors (Lipinski definition) is 2. The Morgan fingerprint density at radius 3 is 2.44 bits per heavy atom. The third kappa shape index (κ3) is 6.49. The van der Waals surface area contributed by atoms with Gasteiger partial charge in [0.1, 0.15) is 11.6 Å². The average molecular weight is 462 g/mol. The maximum Gasteiger partial charge on any atom is 0.449 e. The van der Waals surface area contributed by atoms with Crippen LogP contribution in [0.3, 0.4) is 0 Å². The van der Waals surface area contributed by atoms with Crippen molar-refractivity contribution in [3.05, 3.63) is 52.6 Å². The number of aryl methyl sites for hydroxylation is 1. The summed E-state index contributed by atoms with van der Waals surface area (Å²) in [6.45, 7) is 2.58. The van der Waals surface area contributed by atoms with Crippen molar-refractivity contribution in [2.24, 2.45) is 5.73 Å². The lowest BCUT2D eigenvalue weighted by Crippen LogP contribution is -2.41. The van der Waals surface area contributed by atoms with E-state index in [9.17, 15) is 26.7 Å². The summed E-state index contributed by atoms with van der Waals surface area (Å²) in [5.74, 6) is -3.33. The second-order valence-corrected chi connectivity index (χ2v) is 7.42. The zero-order chi connectivity index (χ0) is 24.2. The van der Waals surface area contributed by atoms with Gasteiger partial charge in [-0.1, -0.05) is 0 Å². The predicted molar refractivity (Wildman–Crippen MR) is 103 cm³/mol. The van der Waals surface area contributed by atoms with Crippen molar-refractivity contribution in [1.29, 1.82) is 0 Å². The van der Waals surface area contributed by atoms with Gasteiger partial charge in [0.2, 0.25) is 11.7 Å². The first-order valence-electron chi connectivity index (χ1n) is 9.58. The van der Waals surface area contributed by atoms with Gasteiger partial charge in [-0.05, 0) is 36.6 Å². The summed E-state index contributed by atoms with van der Waals surface area (Å²) in [7, 11) is 0. The SMILES string of the molecule is CC(=O)O.Cc1cc(F)c(CC(N)CC(=O)N2CCn3c(cnc3C(F)(F)F)C2)cc1F. The first-order valence-corrected chi connectivity index (χ1v) is 9.58. The van der Waals surface area contributed by atoms with E-state index in [0.29, 0.717) is 0 Å². The molecule has 1 amide bonds. The fraction of sp³-hybridized carbons (Fsp3) is 0.450. The number of hydrogen-bond acceptors (Lipinski definition) is 4. The number of carbonyl (C=O) groups excluding carboxylic acids is 1. The molecule has 0 spiro atoms. The van der Waals surface area contributed by atoms with Crippen LogP contribution >= 0.6 is 0 Å². The molecule has 0 fully saturated rings. The molecule has 1 aliphatic heterocycles. The Bertz CT molecular complexity index is 986. The molecule has 3 rings (SSSR count). The number of nitrogens with two attached hydrogens (primary N) is 1. The highest BCUT2D eigenvalue weighted by molar-refractivity contribution is 5.77. The van der Waals surface area contributed by atoms with Gasteiger partial charge in [0.15, 0.2) is 0 Å². The molecule has 0 radical (unpaired) electrons. The van der Waals surface area contributed by atoms with Crippen molar-refractivity contribution >= 4 is 11.9 Å². The summed E-state index contributed by atoms with van der Waals surface area (Å²) in [5.41, 5.74) is 6.46. The topological polar surface area (TPSA) is 101 Å². The minimum absolute atomic E-state index is 0.0118. The number of rotatable bonds is 4. The van der Waals surface area contributed by atoms with Gasteiger partial charge in [0.25, 0.3) is 5.97 Å². The quantitative estimate of drug-likeness (QED) is 0.681. The van der Waals surface area contributed by atoms with Crippen molar-refractivity contribution in [3.63, 3.8) is 0 Å². The van der Waals surface area contributed by atoms with E-state index in [0.717, 1.165) is 29.8 Å². The molecule has 1 aromatic heterocycles. The molecule has 1 aliphatic rings. The zero-order valence-corrected chi connectivity index (χ0v) is 17.4.